The second kappa shape index (κ2) is 10.4. The molecule has 0 radical (unpaired) electrons. The minimum Gasteiger partial charge on any atom is -0.385 e. The van der Waals surface area contributed by atoms with Crippen molar-refractivity contribution in [1.82, 2.24) is 19.9 Å². The molecule has 0 aliphatic carbocycles. The molecule has 1 aromatic carbocycles. The van der Waals surface area contributed by atoms with Crippen LogP contribution in [0, 0.1) is 0 Å². The topological polar surface area (TPSA) is 86.1 Å². The van der Waals surface area contributed by atoms with Gasteiger partial charge in [-0.15, -0.1) is 0 Å². The molecule has 0 fully saturated rings. The Kier molecular flexibility index (Phi) is 7.62. The van der Waals surface area contributed by atoms with Crippen LogP contribution >= 0.6 is 23.4 Å². The summed E-state index contributed by atoms with van der Waals surface area (Å²) in [6.45, 7) is 1.33. The van der Waals surface area contributed by atoms with E-state index >= 15 is 0 Å². The molecule has 3 rings (SSSR count). The number of hydrogen-bond acceptors (Lipinski definition) is 6. The summed E-state index contributed by atoms with van der Waals surface area (Å²) in [6.07, 6.45) is 2.34. The maximum Gasteiger partial charge on any atom is 0.262 e. The number of ether oxygens (including phenoxy) is 1. The van der Waals surface area contributed by atoms with E-state index < -0.39 is 0 Å². The van der Waals surface area contributed by atoms with Crippen molar-refractivity contribution in [1.29, 1.82) is 0 Å². The molecule has 0 atom stereocenters. The van der Waals surface area contributed by atoms with Crippen molar-refractivity contribution in [2.24, 2.45) is 0 Å². The van der Waals surface area contributed by atoms with Crippen molar-refractivity contribution in [3.8, 4) is 0 Å². The van der Waals surface area contributed by atoms with Gasteiger partial charge in [-0.3, -0.25) is 19.1 Å². The fourth-order valence-electron chi connectivity index (χ4n) is 2.72. The summed E-state index contributed by atoms with van der Waals surface area (Å²) in [5.74, 6) is -0.0279. The van der Waals surface area contributed by atoms with Crippen molar-refractivity contribution in [3.63, 3.8) is 0 Å². The number of halogens is 1. The first-order chi connectivity index (χ1) is 14.1. The van der Waals surface area contributed by atoms with E-state index in [4.69, 9.17) is 16.3 Å². The number of amides is 1. The molecule has 29 heavy (non-hydrogen) atoms. The predicted octanol–water partition coefficient (Wildman–Crippen LogP) is 2.89. The van der Waals surface area contributed by atoms with Crippen molar-refractivity contribution in [2.45, 2.75) is 24.7 Å². The second-order valence-corrected chi connectivity index (χ2v) is 7.62. The summed E-state index contributed by atoms with van der Waals surface area (Å²) in [5.41, 5.74) is 1.14. The minimum absolute atomic E-state index is 0.135. The SMILES string of the molecule is COCCCn1c(SCC(=O)NCc2ccccn2)nc2cc(Cl)ccc2c1=O. The normalized spacial score (nSPS) is 11.0. The summed E-state index contributed by atoms with van der Waals surface area (Å²) in [5, 5.41) is 4.31. The fourth-order valence-corrected chi connectivity index (χ4v) is 3.74. The van der Waals surface area contributed by atoms with Crippen LogP contribution in [0.1, 0.15) is 12.1 Å². The standard InChI is InChI=1S/C20H21ClN4O3S/c1-28-10-4-9-25-19(27)16-7-6-14(21)11-17(16)24-20(25)29-13-18(26)23-12-15-5-2-3-8-22-15/h2-3,5-8,11H,4,9-10,12-13H2,1H3,(H,23,26). The van der Waals surface area contributed by atoms with E-state index in [2.05, 4.69) is 15.3 Å². The van der Waals surface area contributed by atoms with Crippen molar-refractivity contribution < 1.29 is 9.53 Å². The maximum absolute atomic E-state index is 12.9. The highest BCUT2D eigenvalue weighted by molar-refractivity contribution is 7.99. The Bertz CT molecular complexity index is 1040. The van der Waals surface area contributed by atoms with Gasteiger partial charge in [0.2, 0.25) is 5.91 Å². The first-order valence-electron chi connectivity index (χ1n) is 9.07. The lowest BCUT2D eigenvalue weighted by Crippen LogP contribution is -2.27. The third-order valence-corrected chi connectivity index (χ3v) is 5.35. The van der Waals surface area contributed by atoms with E-state index in [9.17, 15) is 9.59 Å². The maximum atomic E-state index is 12.9. The van der Waals surface area contributed by atoms with Crippen LogP contribution in [0.5, 0.6) is 0 Å². The number of hydrogen-bond donors (Lipinski definition) is 1. The Labute approximate surface area is 177 Å². The van der Waals surface area contributed by atoms with Crippen LogP contribution in [0.25, 0.3) is 10.9 Å². The summed E-state index contributed by atoms with van der Waals surface area (Å²) in [7, 11) is 1.62. The molecule has 9 heteroatoms. The van der Waals surface area contributed by atoms with Crippen LogP contribution in [0.3, 0.4) is 0 Å². The number of nitrogens with one attached hydrogen (secondary N) is 1. The van der Waals surface area contributed by atoms with Crippen molar-refractivity contribution in [2.75, 3.05) is 19.5 Å². The van der Waals surface area contributed by atoms with Gasteiger partial charge < -0.3 is 10.1 Å². The number of carbonyl (C=O) groups is 1. The molecule has 0 unspecified atom stereocenters. The molecule has 0 bridgehead atoms. The Hall–Kier alpha value is -2.42. The summed E-state index contributed by atoms with van der Waals surface area (Å²) in [4.78, 5) is 33.9. The molecule has 7 nitrogen and oxygen atoms in total. The highest BCUT2D eigenvalue weighted by Gasteiger charge is 2.14. The zero-order chi connectivity index (χ0) is 20.6. The van der Waals surface area contributed by atoms with Gasteiger partial charge in [0.15, 0.2) is 5.16 Å². The summed E-state index contributed by atoms with van der Waals surface area (Å²) >= 11 is 7.27. The van der Waals surface area contributed by atoms with Gasteiger partial charge >= 0.3 is 0 Å². The van der Waals surface area contributed by atoms with Gasteiger partial charge in [-0.2, -0.15) is 0 Å². The average molecular weight is 433 g/mol. The lowest BCUT2D eigenvalue weighted by molar-refractivity contribution is -0.118. The zero-order valence-electron chi connectivity index (χ0n) is 15.9. The van der Waals surface area contributed by atoms with Gasteiger partial charge in [0.25, 0.3) is 5.56 Å². The van der Waals surface area contributed by atoms with Crippen molar-refractivity contribution in [3.05, 3.63) is 63.7 Å². The minimum atomic E-state index is -0.162. The quantitative estimate of drug-likeness (QED) is 0.318. The number of benzene rings is 1. The molecule has 1 N–H and O–H groups in total. The number of pyridine rings is 1. The Morgan fingerprint density at radius 2 is 2.17 bits per heavy atom. The molecule has 152 valence electrons. The number of thioether (sulfide) groups is 1. The van der Waals surface area contributed by atoms with Crippen LogP contribution in [-0.2, 0) is 22.6 Å². The highest BCUT2D eigenvalue weighted by Crippen LogP contribution is 2.20. The van der Waals surface area contributed by atoms with E-state index in [-0.39, 0.29) is 17.2 Å². The lowest BCUT2D eigenvalue weighted by Gasteiger charge is -2.13. The zero-order valence-corrected chi connectivity index (χ0v) is 17.5. The van der Waals surface area contributed by atoms with Crippen LogP contribution in [-0.4, -0.2) is 39.9 Å². The lowest BCUT2D eigenvalue weighted by atomic mass is 10.2. The van der Waals surface area contributed by atoms with Gasteiger partial charge in [-0.1, -0.05) is 29.4 Å². The van der Waals surface area contributed by atoms with Gasteiger partial charge in [-0.05, 0) is 36.8 Å². The van der Waals surface area contributed by atoms with E-state index in [0.29, 0.717) is 47.2 Å². The van der Waals surface area contributed by atoms with Gasteiger partial charge in [0.1, 0.15) is 0 Å². The van der Waals surface area contributed by atoms with Crippen LogP contribution in [0.15, 0.2) is 52.5 Å². The Morgan fingerprint density at radius 1 is 1.31 bits per heavy atom. The molecule has 2 heterocycles. The molecular formula is C20H21ClN4O3S. The number of rotatable bonds is 9. The van der Waals surface area contributed by atoms with E-state index in [1.165, 1.54) is 11.8 Å². The molecule has 3 aromatic rings. The molecule has 0 saturated carbocycles. The molecular weight excluding hydrogens is 412 g/mol. The molecule has 0 spiro atoms. The van der Waals surface area contributed by atoms with Crippen LogP contribution in [0.4, 0.5) is 0 Å². The van der Waals surface area contributed by atoms with Crippen molar-refractivity contribution >= 4 is 40.2 Å². The summed E-state index contributed by atoms with van der Waals surface area (Å²) in [6, 6.07) is 10.5. The average Bonchev–Trinajstić information content (AvgIpc) is 2.73. The van der Waals surface area contributed by atoms with E-state index in [0.717, 1.165) is 5.69 Å². The molecule has 0 saturated heterocycles. The first-order valence-corrected chi connectivity index (χ1v) is 10.4. The number of fused-ring (bicyclic) bond motifs is 1. The van der Waals surface area contributed by atoms with Gasteiger partial charge in [0.05, 0.1) is 28.9 Å². The van der Waals surface area contributed by atoms with Gasteiger partial charge in [-0.25, -0.2) is 4.98 Å². The monoisotopic (exact) mass is 432 g/mol. The summed E-state index contributed by atoms with van der Waals surface area (Å²) < 4.78 is 6.68. The molecule has 1 amide bonds. The van der Waals surface area contributed by atoms with Crippen LogP contribution in [0.2, 0.25) is 5.02 Å². The fraction of sp³-hybridized carbons (Fsp3) is 0.300. The predicted molar refractivity (Wildman–Crippen MR) is 114 cm³/mol. The second-order valence-electron chi connectivity index (χ2n) is 6.25. The number of nitrogens with zero attached hydrogens (tertiary/aromatic N) is 3. The first kappa shape index (κ1) is 21.3. The van der Waals surface area contributed by atoms with E-state index in [1.807, 2.05) is 18.2 Å². The third-order valence-electron chi connectivity index (χ3n) is 4.14. The largest absolute Gasteiger partial charge is 0.385 e. The molecule has 2 aromatic heterocycles. The van der Waals surface area contributed by atoms with E-state index in [1.54, 1.807) is 36.1 Å². The highest BCUT2D eigenvalue weighted by atomic mass is 35.5. The number of methoxy groups -OCH3 is 1. The third kappa shape index (κ3) is 5.79. The smallest absolute Gasteiger partial charge is 0.262 e. The molecule has 0 aliphatic rings. The Morgan fingerprint density at radius 3 is 2.93 bits per heavy atom. The van der Waals surface area contributed by atoms with Crippen LogP contribution < -0.4 is 10.9 Å². The van der Waals surface area contributed by atoms with Gasteiger partial charge in [0, 0.05) is 31.5 Å². The number of carbonyl (C=O) groups excluding carboxylic acids is 1. The molecule has 0 aliphatic heterocycles. The number of aromatic nitrogens is 3. The Balaban J connectivity index is 1.76.